The van der Waals surface area contributed by atoms with E-state index in [1.165, 1.54) is 0 Å². The Morgan fingerprint density at radius 2 is 1.75 bits per heavy atom. The van der Waals surface area contributed by atoms with Crippen LogP contribution in [0.2, 0.25) is 0 Å². The van der Waals surface area contributed by atoms with Gasteiger partial charge in [-0.15, -0.1) is 0 Å². The molecule has 0 amide bonds. The van der Waals surface area contributed by atoms with Crippen LogP contribution < -0.4 is 4.74 Å². The maximum atomic E-state index is 10.7. The number of benzene rings is 2. The Labute approximate surface area is 164 Å². The summed E-state index contributed by atoms with van der Waals surface area (Å²) in [7, 11) is 0. The third-order valence-corrected chi connectivity index (χ3v) is 5.54. The summed E-state index contributed by atoms with van der Waals surface area (Å²) in [5.74, 6) is -0.616. The molecule has 2 aromatic carbocycles. The number of hydrogen-bond acceptors (Lipinski definition) is 6. The van der Waals surface area contributed by atoms with Crippen molar-refractivity contribution in [2.24, 2.45) is 0 Å². The summed E-state index contributed by atoms with van der Waals surface area (Å²) in [4.78, 5) is 0. The zero-order chi connectivity index (χ0) is 19.9. The first-order valence-electron chi connectivity index (χ1n) is 9.64. The van der Waals surface area contributed by atoms with Gasteiger partial charge in [0.1, 0.15) is 24.1 Å². The summed E-state index contributed by atoms with van der Waals surface area (Å²) in [5.41, 5.74) is 3.79. The van der Waals surface area contributed by atoms with Gasteiger partial charge in [-0.1, -0.05) is 24.3 Å². The van der Waals surface area contributed by atoms with Gasteiger partial charge in [0.15, 0.2) is 0 Å². The van der Waals surface area contributed by atoms with Crippen molar-refractivity contribution in [3.63, 3.8) is 0 Å². The van der Waals surface area contributed by atoms with Crippen molar-refractivity contribution in [2.45, 2.75) is 57.1 Å². The molecule has 2 heterocycles. The first-order valence-corrected chi connectivity index (χ1v) is 9.64. The van der Waals surface area contributed by atoms with Crippen LogP contribution in [0.15, 0.2) is 42.5 Å². The van der Waals surface area contributed by atoms with Crippen molar-refractivity contribution in [3.8, 4) is 5.75 Å². The molecule has 1 saturated heterocycles. The van der Waals surface area contributed by atoms with Gasteiger partial charge in [0.2, 0.25) is 5.79 Å². The second-order valence-electron chi connectivity index (χ2n) is 7.45. The lowest BCUT2D eigenvalue weighted by Crippen LogP contribution is -2.62. The number of ether oxygens (including phenoxy) is 3. The number of aliphatic hydroxyl groups is 3. The van der Waals surface area contributed by atoms with Gasteiger partial charge in [-0.2, -0.15) is 0 Å². The molecule has 0 radical (unpaired) electrons. The Morgan fingerprint density at radius 1 is 1.04 bits per heavy atom. The summed E-state index contributed by atoms with van der Waals surface area (Å²) >= 11 is 0. The Balaban J connectivity index is 1.62. The minimum atomic E-state index is -1.46. The second kappa shape index (κ2) is 7.46. The number of rotatable bonds is 4. The van der Waals surface area contributed by atoms with Crippen LogP contribution in [0.5, 0.6) is 5.75 Å². The second-order valence-corrected chi connectivity index (χ2v) is 7.45. The minimum Gasteiger partial charge on any atom is -0.494 e. The van der Waals surface area contributed by atoms with Crippen molar-refractivity contribution in [1.82, 2.24) is 0 Å². The molecule has 0 aliphatic carbocycles. The van der Waals surface area contributed by atoms with Crippen molar-refractivity contribution >= 4 is 0 Å². The SMILES string of the molecule is CCOc1ccc(Cc2ccc3c(c2)[C@]2(OC3)O[C@H](C)[C@@H](O)[C@H](O)[C@H]2O)cc1. The van der Waals surface area contributed by atoms with Gasteiger partial charge in [-0.3, -0.25) is 0 Å². The zero-order valence-corrected chi connectivity index (χ0v) is 16.0. The molecule has 28 heavy (non-hydrogen) atoms. The van der Waals surface area contributed by atoms with Crippen LogP contribution in [0.4, 0.5) is 0 Å². The summed E-state index contributed by atoms with van der Waals surface area (Å²) in [6.45, 7) is 4.53. The average molecular weight is 386 g/mol. The molecule has 3 N–H and O–H groups in total. The molecule has 2 aromatic rings. The molecular formula is C22H26O6. The highest BCUT2D eigenvalue weighted by Gasteiger charge is 2.57. The monoisotopic (exact) mass is 386 g/mol. The lowest BCUT2D eigenvalue weighted by Gasteiger charge is -2.45. The standard InChI is InChI=1S/C22H26O6/c1-3-26-17-8-5-14(6-9-17)10-15-4-7-16-12-27-22(18(16)11-15)21(25)20(24)19(23)13(2)28-22/h4-9,11,13,19-21,23-25H,3,10,12H2,1-2H3/t13-,19-,20+,21-,22+/m1/s1. The first kappa shape index (κ1) is 19.4. The van der Waals surface area contributed by atoms with E-state index in [-0.39, 0.29) is 6.61 Å². The number of fused-ring (bicyclic) bond motifs is 2. The molecule has 0 bridgehead atoms. The molecule has 1 fully saturated rings. The van der Waals surface area contributed by atoms with E-state index in [0.29, 0.717) is 18.6 Å². The number of aliphatic hydroxyl groups excluding tert-OH is 3. The van der Waals surface area contributed by atoms with E-state index in [1.54, 1.807) is 6.92 Å². The molecule has 0 aromatic heterocycles. The molecule has 6 nitrogen and oxygen atoms in total. The fraction of sp³-hybridized carbons (Fsp3) is 0.455. The van der Waals surface area contributed by atoms with Crippen molar-refractivity contribution in [3.05, 3.63) is 64.7 Å². The van der Waals surface area contributed by atoms with Gasteiger partial charge in [-0.25, -0.2) is 0 Å². The van der Waals surface area contributed by atoms with E-state index in [1.807, 2.05) is 49.4 Å². The quantitative estimate of drug-likeness (QED) is 0.743. The molecule has 1 spiro atoms. The lowest BCUT2D eigenvalue weighted by molar-refractivity contribution is -0.362. The largest absolute Gasteiger partial charge is 0.494 e. The van der Waals surface area contributed by atoms with Gasteiger partial charge in [0.05, 0.1) is 19.3 Å². The molecule has 0 unspecified atom stereocenters. The van der Waals surface area contributed by atoms with Gasteiger partial charge in [-0.05, 0) is 55.2 Å². The molecule has 6 heteroatoms. The highest BCUT2D eigenvalue weighted by atomic mass is 16.7. The smallest absolute Gasteiger partial charge is 0.225 e. The molecule has 5 atom stereocenters. The van der Waals surface area contributed by atoms with Gasteiger partial charge < -0.3 is 29.5 Å². The predicted molar refractivity (Wildman–Crippen MR) is 102 cm³/mol. The van der Waals surface area contributed by atoms with Gasteiger partial charge in [0, 0.05) is 5.56 Å². The molecular weight excluding hydrogens is 360 g/mol. The van der Waals surface area contributed by atoms with E-state index in [9.17, 15) is 15.3 Å². The highest BCUT2D eigenvalue weighted by molar-refractivity contribution is 5.41. The van der Waals surface area contributed by atoms with Crippen LogP contribution in [-0.2, 0) is 28.3 Å². The molecule has 0 saturated carbocycles. The van der Waals surface area contributed by atoms with Crippen LogP contribution in [0.25, 0.3) is 0 Å². The maximum absolute atomic E-state index is 10.7. The molecule has 4 rings (SSSR count). The maximum Gasteiger partial charge on any atom is 0.225 e. The van der Waals surface area contributed by atoms with E-state index < -0.39 is 30.2 Å². The predicted octanol–water partition coefficient (Wildman–Crippen LogP) is 1.86. The average Bonchev–Trinajstić information content (AvgIpc) is 3.05. The Hall–Kier alpha value is -1.96. The van der Waals surface area contributed by atoms with Crippen molar-refractivity contribution in [1.29, 1.82) is 0 Å². The number of hydrogen-bond donors (Lipinski definition) is 3. The fourth-order valence-electron chi connectivity index (χ4n) is 4.00. The topological polar surface area (TPSA) is 88.4 Å². The van der Waals surface area contributed by atoms with E-state index in [0.717, 1.165) is 22.4 Å². The summed E-state index contributed by atoms with van der Waals surface area (Å²) in [5, 5.41) is 30.9. The first-order chi connectivity index (χ1) is 13.4. The third kappa shape index (κ3) is 3.21. The Bertz CT molecular complexity index is 835. The third-order valence-electron chi connectivity index (χ3n) is 5.54. The normalized spacial score (nSPS) is 31.8. The lowest BCUT2D eigenvalue weighted by atomic mass is 9.86. The summed E-state index contributed by atoms with van der Waals surface area (Å²) in [6.07, 6.45) is -3.85. The molecule has 2 aliphatic rings. The van der Waals surface area contributed by atoms with Crippen molar-refractivity contribution < 1.29 is 29.5 Å². The summed E-state index contributed by atoms with van der Waals surface area (Å²) < 4.78 is 17.2. The van der Waals surface area contributed by atoms with Crippen LogP contribution in [0.3, 0.4) is 0 Å². The van der Waals surface area contributed by atoms with Crippen LogP contribution in [0, 0.1) is 0 Å². The van der Waals surface area contributed by atoms with Crippen molar-refractivity contribution in [2.75, 3.05) is 6.61 Å². The Morgan fingerprint density at radius 3 is 2.46 bits per heavy atom. The van der Waals surface area contributed by atoms with E-state index >= 15 is 0 Å². The van der Waals surface area contributed by atoms with E-state index in [4.69, 9.17) is 14.2 Å². The Kier molecular flexibility index (Phi) is 5.16. The molecule has 2 aliphatic heterocycles. The zero-order valence-electron chi connectivity index (χ0n) is 16.0. The van der Waals surface area contributed by atoms with Gasteiger partial charge in [0.25, 0.3) is 0 Å². The highest BCUT2D eigenvalue weighted by Crippen LogP contribution is 2.46. The van der Waals surface area contributed by atoms with Crippen LogP contribution >= 0.6 is 0 Å². The minimum absolute atomic E-state index is 0.283. The van der Waals surface area contributed by atoms with E-state index in [2.05, 4.69) is 0 Å². The fourth-order valence-corrected chi connectivity index (χ4v) is 4.00. The molecule has 150 valence electrons. The summed E-state index contributed by atoms with van der Waals surface area (Å²) in [6, 6.07) is 13.9. The van der Waals surface area contributed by atoms with Crippen LogP contribution in [0.1, 0.15) is 36.1 Å². The van der Waals surface area contributed by atoms with Crippen LogP contribution in [-0.4, -0.2) is 46.3 Å². The van der Waals surface area contributed by atoms with Gasteiger partial charge >= 0.3 is 0 Å².